The van der Waals surface area contributed by atoms with Crippen LogP contribution in [0.5, 0.6) is 11.5 Å². The van der Waals surface area contributed by atoms with Gasteiger partial charge in [0.15, 0.2) is 11.5 Å². The fourth-order valence-electron chi connectivity index (χ4n) is 2.64. The van der Waals surface area contributed by atoms with Crippen LogP contribution in [0.25, 0.3) is 0 Å². The molecule has 1 amide bonds. The van der Waals surface area contributed by atoms with Crippen LogP contribution in [0.3, 0.4) is 0 Å². The summed E-state index contributed by atoms with van der Waals surface area (Å²) in [6, 6.07) is 5.65. The second-order valence-corrected chi connectivity index (χ2v) is 6.97. The van der Waals surface area contributed by atoms with Crippen molar-refractivity contribution < 1.29 is 19.0 Å². The number of amides is 1. The van der Waals surface area contributed by atoms with Crippen molar-refractivity contribution in [3.05, 3.63) is 23.8 Å². The standard InChI is InChI=1S/C17H24N2O4/c1-17(2,3)23-16(20)18-13(10-19-7-4-8-19)12-5-6-14-15(9-12)22-11-21-14/h5-6,9,13H,4,7-8,10-11H2,1-3H3,(H,18,20)/t13-/m1/s1. The van der Waals surface area contributed by atoms with Crippen molar-refractivity contribution in [3.63, 3.8) is 0 Å². The van der Waals surface area contributed by atoms with Crippen LogP contribution in [0.15, 0.2) is 18.2 Å². The summed E-state index contributed by atoms with van der Waals surface area (Å²) < 4.78 is 16.2. The minimum atomic E-state index is -0.514. The zero-order valence-corrected chi connectivity index (χ0v) is 13.9. The first kappa shape index (κ1) is 15.9. The van der Waals surface area contributed by atoms with Crippen LogP contribution in [-0.4, -0.2) is 43.0 Å². The number of nitrogens with zero attached hydrogens (tertiary/aromatic N) is 1. The van der Waals surface area contributed by atoms with Gasteiger partial charge in [-0.05, 0) is 58.0 Å². The molecule has 0 saturated carbocycles. The number of likely N-dealkylation sites (tertiary alicyclic amines) is 1. The molecule has 0 bridgehead atoms. The molecule has 23 heavy (non-hydrogen) atoms. The van der Waals surface area contributed by atoms with Crippen molar-refractivity contribution in [3.8, 4) is 11.5 Å². The third-order valence-corrected chi connectivity index (χ3v) is 3.88. The molecule has 1 aromatic rings. The predicted molar refractivity (Wildman–Crippen MR) is 85.7 cm³/mol. The van der Waals surface area contributed by atoms with Gasteiger partial charge in [-0.1, -0.05) is 6.07 Å². The lowest BCUT2D eigenvalue weighted by Gasteiger charge is -2.34. The predicted octanol–water partition coefficient (Wildman–Crippen LogP) is 2.69. The van der Waals surface area contributed by atoms with Gasteiger partial charge in [-0.15, -0.1) is 0 Å². The van der Waals surface area contributed by atoms with E-state index in [0.29, 0.717) is 0 Å². The Morgan fingerprint density at radius 2 is 2.04 bits per heavy atom. The summed E-state index contributed by atoms with van der Waals surface area (Å²) in [6.45, 7) is 8.72. The monoisotopic (exact) mass is 320 g/mol. The van der Waals surface area contributed by atoms with Gasteiger partial charge in [0.2, 0.25) is 6.79 Å². The number of alkyl carbamates (subject to hydrolysis) is 1. The first-order valence-electron chi connectivity index (χ1n) is 8.02. The molecule has 1 N–H and O–H groups in total. The average molecular weight is 320 g/mol. The minimum absolute atomic E-state index is 0.139. The lowest BCUT2D eigenvalue weighted by atomic mass is 10.0. The van der Waals surface area contributed by atoms with Crippen molar-refractivity contribution in [2.45, 2.75) is 38.8 Å². The van der Waals surface area contributed by atoms with E-state index in [9.17, 15) is 4.79 Å². The summed E-state index contributed by atoms with van der Waals surface area (Å²) >= 11 is 0. The van der Waals surface area contributed by atoms with Crippen LogP contribution in [-0.2, 0) is 4.74 Å². The first-order chi connectivity index (χ1) is 10.9. The Kier molecular flexibility index (Phi) is 4.35. The molecule has 1 saturated heterocycles. The summed E-state index contributed by atoms with van der Waals surface area (Å²) in [5, 5.41) is 2.98. The van der Waals surface area contributed by atoms with Crippen molar-refractivity contribution in [2.75, 3.05) is 26.4 Å². The second kappa shape index (κ2) is 6.28. The Morgan fingerprint density at radius 1 is 1.30 bits per heavy atom. The maximum absolute atomic E-state index is 12.2. The molecule has 126 valence electrons. The molecule has 3 rings (SSSR count). The van der Waals surface area contributed by atoms with Crippen LogP contribution >= 0.6 is 0 Å². The van der Waals surface area contributed by atoms with Crippen LogP contribution in [0.2, 0.25) is 0 Å². The molecule has 0 aromatic heterocycles. The van der Waals surface area contributed by atoms with Gasteiger partial charge < -0.3 is 24.4 Å². The normalized spacial score (nSPS) is 18.2. The van der Waals surface area contributed by atoms with Crippen LogP contribution in [0.4, 0.5) is 4.79 Å². The Bertz CT molecular complexity index is 578. The van der Waals surface area contributed by atoms with Crippen LogP contribution in [0.1, 0.15) is 38.8 Å². The summed E-state index contributed by atoms with van der Waals surface area (Å²) in [7, 11) is 0. The Hall–Kier alpha value is -1.95. The highest BCUT2D eigenvalue weighted by atomic mass is 16.7. The van der Waals surface area contributed by atoms with Crippen LogP contribution in [0, 0.1) is 0 Å². The summed E-state index contributed by atoms with van der Waals surface area (Å²) in [5.74, 6) is 1.47. The molecule has 0 spiro atoms. The number of carbonyl (C=O) groups excluding carboxylic acids is 1. The smallest absolute Gasteiger partial charge is 0.408 e. The average Bonchev–Trinajstić information content (AvgIpc) is 2.86. The molecule has 2 aliphatic heterocycles. The SMILES string of the molecule is CC(C)(C)OC(=O)N[C@H](CN1CCC1)c1ccc2c(c1)OCO2. The van der Waals surface area contributed by atoms with Gasteiger partial charge >= 0.3 is 6.09 Å². The molecule has 2 heterocycles. The molecule has 1 aromatic carbocycles. The fourth-order valence-corrected chi connectivity index (χ4v) is 2.64. The maximum Gasteiger partial charge on any atom is 0.408 e. The van der Waals surface area contributed by atoms with Gasteiger partial charge in [0, 0.05) is 6.54 Å². The first-order valence-corrected chi connectivity index (χ1v) is 8.02. The number of rotatable bonds is 4. The van der Waals surface area contributed by atoms with E-state index < -0.39 is 11.7 Å². The third-order valence-electron chi connectivity index (χ3n) is 3.88. The Balaban J connectivity index is 1.73. The molecule has 1 fully saturated rings. The van der Waals surface area contributed by atoms with Gasteiger partial charge in [0.1, 0.15) is 5.60 Å². The number of hydrogen-bond donors (Lipinski definition) is 1. The molecule has 0 aliphatic carbocycles. The number of ether oxygens (including phenoxy) is 3. The number of fused-ring (bicyclic) bond motifs is 1. The van der Waals surface area contributed by atoms with Crippen molar-refractivity contribution in [1.82, 2.24) is 10.2 Å². The van der Waals surface area contributed by atoms with Crippen molar-refractivity contribution >= 4 is 6.09 Å². The zero-order valence-electron chi connectivity index (χ0n) is 13.9. The van der Waals surface area contributed by atoms with Gasteiger partial charge in [0.05, 0.1) is 6.04 Å². The van der Waals surface area contributed by atoms with E-state index in [1.807, 2.05) is 39.0 Å². The molecule has 1 atom stereocenters. The van der Waals surface area contributed by atoms with Gasteiger partial charge in [-0.3, -0.25) is 0 Å². The van der Waals surface area contributed by atoms with Gasteiger partial charge in [0.25, 0.3) is 0 Å². The highest BCUT2D eigenvalue weighted by Crippen LogP contribution is 2.34. The van der Waals surface area contributed by atoms with E-state index in [1.54, 1.807) is 0 Å². The summed E-state index contributed by atoms with van der Waals surface area (Å²) in [4.78, 5) is 14.5. The second-order valence-electron chi connectivity index (χ2n) is 6.97. The quantitative estimate of drug-likeness (QED) is 0.924. The molecule has 6 nitrogen and oxygen atoms in total. The summed E-state index contributed by atoms with van der Waals surface area (Å²) in [5.41, 5.74) is 0.479. The van der Waals surface area contributed by atoms with E-state index in [0.717, 1.165) is 36.7 Å². The number of carbonyl (C=O) groups is 1. The molecular weight excluding hydrogens is 296 g/mol. The molecule has 2 aliphatic rings. The van der Waals surface area contributed by atoms with Crippen molar-refractivity contribution in [2.24, 2.45) is 0 Å². The number of benzene rings is 1. The van der Waals surface area contributed by atoms with E-state index in [1.165, 1.54) is 6.42 Å². The van der Waals surface area contributed by atoms with E-state index in [2.05, 4.69) is 10.2 Å². The maximum atomic E-state index is 12.2. The van der Waals surface area contributed by atoms with E-state index >= 15 is 0 Å². The zero-order chi connectivity index (χ0) is 16.4. The van der Waals surface area contributed by atoms with Gasteiger partial charge in [-0.25, -0.2) is 4.79 Å². The number of hydrogen-bond acceptors (Lipinski definition) is 5. The molecular formula is C17H24N2O4. The molecule has 6 heteroatoms. The van der Waals surface area contributed by atoms with Crippen molar-refractivity contribution in [1.29, 1.82) is 0 Å². The molecule has 0 unspecified atom stereocenters. The van der Waals surface area contributed by atoms with E-state index in [4.69, 9.17) is 14.2 Å². The Morgan fingerprint density at radius 3 is 2.70 bits per heavy atom. The minimum Gasteiger partial charge on any atom is -0.454 e. The Labute approximate surface area is 136 Å². The highest BCUT2D eigenvalue weighted by molar-refractivity contribution is 5.68. The largest absolute Gasteiger partial charge is 0.454 e. The summed E-state index contributed by atoms with van der Waals surface area (Å²) in [6.07, 6.45) is 0.806. The van der Waals surface area contributed by atoms with Gasteiger partial charge in [-0.2, -0.15) is 0 Å². The lowest BCUT2D eigenvalue weighted by Crippen LogP contribution is -2.45. The van der Waals surface area contributed by atoms with E-state index in [-0.39, 0.29) is 12.8 Å². The molecule has 0 radical (unpaired) electrons. The van der Waals surface area contributed by atoms with Crippen LogP contribution < -0.4 is 14.8 Å². The topological polar surface area (TPSA) is 60.0 Å². The highest BCUT2D eigenvalue weighted by Gasteiger charge is 2.26. The third kappa shape index (κ3) is 4.07. The lowest BCUT2D eigenvalue weighted by molar-refractivity contribution is 0.0479. The number of nitrogens with one attached hydrogen (secondary N) is 1. The fraction of sp³-hybridized carbons (Fsp3) is 0.588.